The van der Waals surface area contributed by atoms with Gasteiger partial charge in [0.1, 0.15) is 0 Å². The summed E-state index contributed by atoms with van der Waals surface area (Å²) in [5.41, 5.74) is 17.0. The molecule has 5 aliphatic carbocycles. The molecule has 0 amide bonds. The third kappa shape index (κ3) is 6.53. The van der Waals surface area contributed by atoms with E-state index in [0.29, 0.717) is 28.5 Å². The van der Waals surface area contributed by atoms with Gasteiger partial charge in [-0.3, -0.25) is 0 Å². The van der Waals surface area contributed by atoms with Gasteiger partial charge in [0, 0.05) is 22.1 Å². The molecule has 4 nitrogen and oxygen atoms in total. The van der Waals surface area contributed by atoms with E-state index in [0.717, 1.165) is 67.8 Å². The molecule has 63 heavy (non-hydrogen) atoms. The van der Waals surface area contributed by atoms with Crippen molar-refractivity contribution >= 4 is 0 Å². The van der Waals surface area contributed by atoms with Gasteiger partial charge in [-0.1, -0.05) is 141 Å². The van der Waals surface area contributed by atoms with Crippen LogP contribution in [0.25, 0.3) is 78.7 Å². The van der Waals surface area contributed by atoms with E-state index in [1.165, 1.54) is 66.3 Å². The highest BCUT2D eigenvalue weighted by Crippen LogP contribution is 2.61. The molecule has 1 heterocycles. The van der Waals surface area contributed by atoms with E-state index >= 15 is 0 Å². The summed E-state index contributed by atoms with van der Waals surface area (Å²) >= 11 is 0. The van der Waals surface area contributed by atoms with Gasteiger partial charge < -0.3 is 0 Å². The van der Waals surface area contributed by atoms with Gasteiger partial charge in [0.05, 0.1) is 11.6 Å². The second-order valence-electron chi connectivity index (χ2n) is 19.4. The first-order valence-corrected chi connectivity index (χ1v) is 22.7. The van der Waals surface area contributed by atoms with Crippen LogP contribution in [0.4, 0.5) is 0 Å². The van der Waals surface area contributed by atoms with E-state index in [1.807, 2.05) is 6.07 Å². The zero-order chi connectivity index (χ0) is 42.3. The Kier molecular flexibility index (Phi) is 8.73. The third-order valence-corrected chi connectivity index (χ3v) is 15.1. The fourth-order valence-electron chi connectivity index (χ4n) is 12.3. The molecular formula is C59H48N4. The Morgan fingerprint density at radius 1 is 0.429 bits per heavy atom. The maximum atomic E-state index is 9.63. The number of hydrogen-bond donors (Lipinski definition) is 0. The van der Waals surface area contributed by atoms with Crippen LogP contribution in [-0.2, 0) is 10.8 Å². The lowest BCUT2D eigenvalue weighted by Crippen LogP contribution is -2.48. The molecule has 8 aromatic rings. The lowest BCUT2D eigenvalue weighted by molar-refractivity contribution is -0.00518. The normalized spacial score (nSPS) is 21.1. The number of rotatable bonds is 7. The van der Waals surface area contributed by atoms with Gasteiger partial charge in [0.2, 0.25) is 0 Å². The topological polar surface area (TPSA) is 62.5 Å². The third-order valence-electron chi connectivity index (χ3n) is 15.1. The van der Waals surface area contributed by atoms with Gasteiger partial charge in [0.25, 0.3) is 0 Å². The molecule has 4 saturated carbocycles. The monoisotopic (exact) mass is 812 g/mol. The Balaban J connectivity index is 0.948. The molecule has 0 spiro atoms. The molecule has 0 radical (unpaired) electrons. The molecule has 1 aromatic heterocycles. The molecular weight excluding hydrogens is 765 g/mol. The van der Waals surface area contributed by atoms with Gasteiger partial charge >= 0.3 is 0 Å². The van der Waals surface area contributed by atoms with Gasteiger partial charge in [-0.05, 0) is 159 Å². The van der Waals surface area contributed by atoms with Crippen LogP contribution in [0.3, 0.4) is 0 Å². The first-order chi connectivity index (χ1) is 30.8. The van der Waals surface area contributed by atoms with Crippen LogP contribution in [0.5, 0.6) is 0 Å². The SMILES string of the molecule is CC1(C)c2cc(C#N)ccc2-c2ccc(-c3ccc(-c4nc(-c5ccc(C67C[C@H]8C[C@H](C6)C[C@@H](C7)C8)cc5)nc(-c5cc(-c6ccccc6)cc(-c6ccccc6)c5)n4)cc3)cc21. The van der Waals surface area contributed by atoms with Crippen LogP contribution < -0.4 is 0 Å². The van der Waals surface area contributed by atoms with E-state index < -0.39 is 0 Å². The Morgan fingerprint density at radius 2 is 0.857 bits per heavy atom. The van der Waals surface area contributed by atoms with Crippen molar-refractivity contribution < 1.29 is 0 Å². The molecule has 304 valence electrons. The highest BCUT2D eigenvalue weighted by atomic mass is 15.0. The minimum absolute atomic E-state index is 0.212. The van der Waals surface area contributed by atoms with Crippen LogP contribution in [0.2, 0.25) is 0 Å². The van der Waals surface area contributed by atoms with Crippen LogP contribution in [0.15, 0.2) is 164 Å². The van der Waals surface area contributed by atoms with E-state index in [4.69, 9.17) is 15.0 Å². The molecule has 13 rings (SSSR count). The summed E-state index contributed by atoms with van der Waals surface area (Å²) < 4.78 is 0. The van der Waals surface area contributed by atoms with Crippen molar-refractivity contribution in [2.45, 2.75) is 63.2 Å². The summed E-state index contributed by atoms with van der Waals surface area (Å²) in [5, 5.41) is 9.63. The smallest absolute Gasteiger partial charge is 0.164 e. The van der Waals surface area contributed by atoms with Crippen molar-refractivity contribution in [3.05, 3.63) is 186 Å². The summed E-state index contributed by atoms with van der Waals surface area (Å²) in [5.74, 6) is 4.68. The summed E-state index contributed by atoms with van der Waals surface area (Å²) in [4.78, 5) is 15.8. The average Bonchev–Trinajstić information content (AvgIpc) is 3.55. The summed E-state index contributed by atoms with van der Waals surface area (Å²) in [6.07, 6.45) is 8.36. The number of fused-ring (bicyclic) bond motifs is 3. The summed E-state index contributed by atoms with van der Waals surface area (Å²) in [6, 6.07) is 61.0. The fraction of sp³-hybridized carbons (Fsp3) is 0.220. The average molecular weight is 813 g/mol. The first kappa shape index (κ1) is 37.8. The number of nitrogens with zero attached hydrogens (tertiary/aromatic N) is 4. The molecule has 0 unspecified atom stereocenters. The number of nitriles is 1. The Hall–Kier alpha value is -6.96. The molecule has 4 bridgehead atoms. The molecule has 4 heteroatoms. The second kappa shape index (κ2) is 14.6. The maximum Gasteiger partial charge on any atom is 0.164 e. The Labute approximate surface area is 370 Å². The lowest BCUT2D eigenvalue weighted by atomic mass is 9.48. The minimum Gasteiger partial charge on any atom is -0.208 e. The highest BCUT2D eigenvalue weighted by molar-refractivity contribution is 5.85. The zero-order valence-electron chi connectivity index (χ0n) is 35.9. The molecule has 4 fully saturated rings. The molecule has 0 N–H and O–H groups in total. The Bertz CT molecular complexity index is 3010. The van der Waals surface area contributed by atoms with Crippen molar-refractivity contribution in [2.75, 3.05) is 0 Å². The summed E-state index contributed by atoms with van der Waals surface area (Å²) in [7, 11) is 0. The molecule has 0 aliphatic heterocycles. The number of aromatic nitrogens is 3. The maximum absolute atomic E-state index is 9.63. The van der Waals surface area contributed by atoms with E-state index in [-0.39, 0.29) is 5.41 Å². The Morgan fingerprint density at radius 3 is 1.40 bits per heavy atom. The van der Waals surface area contributed by atoms with Crippen molar-refractivity contribution in [1.82, 2.24) is 15.0 Å². The van der Waals surface area contributed by atoms with Gasteiger partial charge in [0.15, 0.2) is 17.5 Å². The van der Waals surface area contributed by atoms with Crippen molar-refractivity contribution in [2.24, 2.45) is 17.8 Å². The van der Waals surface area contributed by atoms with Gasteiger partial charge in [-0.25, -0.2) is 15.0 Å². The second-order valence-corrected chi connectivity index (χ2v) is 19.4. The van der Waals surface area contributed by atoms with Crippen molar-refractivity contribution in [3.8, 4) is 84.7 Å². The predicted molar refractivity (Wildman–Crippen MR) is 255 cm³/mol. The van der Waals surface area contributed by atoms with E-state index in [9.17, 15) is 5.26 Å². The largest absolute Gasteiger partial charge is 0.208 e. The number of hydrogen-bond acceptors (Lipinski definition) is 4. The fourth-order valence-corrected chi connectivity index (χ4v) is 12.3. The van der Waals surface area contributed by atoms with Gasteiger partial charge in [-0.15, -0.1) is 0 Å². The standard InChI is InChI=1S/C59H48N4/c1-58(2)53-28-37(36-60)13-23-51(53)52-24-20-46(32-54(52)58)43-14-16-44(17-15-43)55-61-56(45-18-21-50(22-19-45)59-33-38-25-39(34-59)27-40(26-38)35-59)63-57(62-55)49-30-47(41-9-5-3-6-10-41)29-48(31-49)42-11-7-4-8-12-42/h3-24,28-32,38-40H,25-27,33-35H2,1-2H3/t38-,39-,40-,59?. The van der Waals surface area contributed by atoms with E-state index in [1.54, 1.807) is 0 Å². The minimum atomic E-state index is -0.212. The van der Waals surface area contributed by atoms with Crippen molar-refractivity contribution in [3.63, 3.8) is 0 Å². The molecule has 0 saturated heterocycles. The van der Waals surface area contributed by atoms with Crippen LogP contribution in [0, 0.1) is 29.1 Å². The quantitative estimate of drug-likeness (QED) is 0.161. The van der Waals surface area contributed by atoms with Crippen LogP contribution in [-0.4, -0.2) is 15.0 Å². The van der Waals surface area contributed by atoms with Gasteiger partial charge in [-0.2, -0.15) is 5.26 Å². The van der Waals surface area contributed by atoms with Crippen LogP contribution >= 0.6 is 0 Å². The van der Waals surface area contributed by atoms with E-state index in [2.05, 4.69) is 178 Å². The summed E-state index contributed by atoms with van der Waals surface area (Å²) in [6.45, 7) is 4.52. The molecule has 5 aliphatic rings. The number of benzene rings is 7. The highest BCUT2D eigenvalue weighted by Gasteiger charge is 2.51. The lowest BCUT2D eigenvalue weighted by Gasteiger charge is -2.57. The van der Waals surface area contributed by atoms with Crippen LogP contribution in [0.1, 0.15) is 74.6 Å². The van der Waals surface area contributed by atoms with Crippen molar-refractivity contribution in [1.29, 1.82) is 5.26 Å². The molecule has 7 aromatic carbocycles. The first-order valence-electron chi connectivity index (χ1n) is 22.7. The predicted octanol–water partition coefficient (Wildman–Crippen LogP) is 14.5. The molecule has 0 atom stereocenters. The zero-order valence-corrected chi connectivity index (χ0v) is 35.9.